The van der Waals surface area contributed by atoms with Crippen molar-refractivity contribution in [2.75, 3.05) is 52.1 Å². The quantitative estimate of drug-likeness (QED) is 0.371. The summed E-state index contributed by atoms with van der Waals surface area (Å²) in [4.78, 5) is 10.9. The minimum atomic E-state index is 0. The second-order valence-electron chi connectivity index (χ2n) is 7.67. The van der Waals surface area contributed by atoms with E-state index < -0.39 is 0 Å². The van der Waals surface area contributed by atoms with E-state index in [1.807, 2.05) is 18.4 Å². The van der Waals surface area contributed by atoms with Gasteiger partial charge in [-0.3, -0.25) is 9.89 Å². The summed E-state index contributed by atoms with van der Waals surface area (Å²) in [5, 5.41) is 5.84. The Morgan fingerprint density at radius 3 is 2.89 bits per heavy atom. The molecule has 0 radical (unpaired) electrons. The number of guanidine groups is 1. The standard InChI is InChI=1S/C19H32N4OS2.HI/c1-15-13-22(7-9-24-15)16(17-6-5-10-25-17)12-21-18(20-4)23-8-11-26-19(2,3)14-23;/h5-6,10,15-16H,7-9,11-14H2,1-4H3,(H,20,21);1H. The van der Waals surface area contributed by atoms with Crippen LogP contribution in [0.1, 0.15) is 31.7 Å². The maximum atomic E-state index is 5.75. The molecule has 0 aromatic carbocycles. The molecule has 2 fully saturated rings. The number of rotatable bonds is 4. The third kappa shape index (κ3) is 6.48. The monoisotopic (exact) mass is 524 g/mol. The first-order valence-corrected chi connectivity index (χ1v) is 11.3. The maximum absolute atomic E-state index is 5.75. The maximum Gasteiger partial charge on any atom is 0.193 e. The average Bonchev–Trinajstić information content (AvgIpc) is 3.12. The highest BCUT2D eigenvalue weighted by atomic mass is 127. The number of ether oxygens (including phenoxy) is 1. The normalized spacial score (nSPS) is 25.0. The van der Waals surface area contributed by atoms with E-state index >= 15 is 0 Å². The Kier molecular flexibility index (Phi) is 9.18. The largest absolute Gasteiger partial charge is 0.376 e. The van der Waals surface area contributed by atoms with Crippen LogP contribution in [0.5, 0.6) is 0 Å². The lowest BCUT2D eigenvalue weighted by Crippen LogP contribution is -2.53. The van der Waals surface area contributed by atoms with Crippen LogP contribution in [0.15, 0.2) is 22.5 Å². The molecule has 154 valence electrons. The molecule has 0 bridgehead atoms. The third-order valence-corrected chi connectivity index (χ3v) is 7.25. The molecular formula is C19H33IN4OS2. The molecule has 0 spiro atoms. The number of thioether (sulfide) groups is 1. The highest BCUT2D eigenvalue weighted by Gasteiger charge is 2.30. The van der Waals surface area contributed by atoms with Crippen molar-refractivity contribution in [2.24, 2.45) is 4.99 Å². The fourth-order valence-corrected chi connectivity index (χ4v) is 5.71. The van der Waals surface area contributed by atoms with Crippen LogP contribution in [0.25, 0.3) is 0 Å². The molecule has 1 aromatic heterocycles. The van der Waals surface area contributed by atoms with Crippen molar-refractivity contribution in [3.8, 4) is 0 Å². The summed E-state index contributed by atoms with van der Waals surface area (Å²) in [5.74, 6) is 2.18. The minimum absolute atomic E-state index is 0. The van der Waals surface area contributed by atoms with Gasteiger partial charge in [-0.15, -0.1) is 35.3 Å². The Morgan fingerprint density at radius 2 is 2.26 bits per heavy atom. The summed E-state index contributed by atoms with van der Waals surface area (Å²) < 4.78 is 6.03. The number of thiophene rings is 1. The van der Waals surface area contributed by atoms with Crippen molar-refractivity contribution >= 4 is 53.0 Å². The van der Waals surface area contributed by atoms with Crippen LogP contribution in [0, 0.1) is 0 Å². The van der Waals surface area contributed by atoms with Crippen LogP contribution >= 0.6 is 47.1 Å². The first-order valence-electron chi connectivity index (χ1n) is 9.47. The molecule has 3 heterocycles. The van der Waals surface area contributed by atoms with Gasteiger partial charge in [-0.1, -0.05) is 6.07 Å². The molecular weight excluding hydrogens is 491 g/mol. The third-order valence-electron chi connectivity index (χ3n) is 4.98. The summed E-state index contributed by atoms with van der Waals surface area (Å²) in [6.45, 7) is 12.6. The fourth-order valence-electron chi connectivity index (χ4n) is 3.74. The molecule has 3 rings (SSSR count). The van der Waals surface area contributed by atoms with Gasteiger partial charge in [-0.2, -0.15) is 11.8 Å². The van der Waals surface area contributed by atoms with Crippen LogP contribution < -0.4 is 5.32 Å². The smallest absolute Gasteiger partial charge is 0.193 e. The highest BCUT2D eigenvalue weighted by molar-refractivity contribution is 14.0. The molecule has 2 aliphatic heterocycles. The van der Waals surface area contributed by atoms with Crippen LogP contribution in [-0.4, -0.2) is 78.7 Å². The van der Waals surface area contributed by atoms with Crippen LogP contribution in [0.2, 0.25) is 0 Å². The zero-order chi connectivity index (χ0) is 18.6. The molecule has 5 nitrogen and oxygen atoms in total. The van der Waals surface area contributed by atoms with E-state index in [0.717, 1.165) is 51.0 Å². The molecule has 0 amide bonds. The molecule has 2 atom stereocenters. The van der Waals surface area contributed by atoms with Gasteiger partial charge in [-0.05, 0) is 32.2 Å². The molecule has 2 unspecified atom stereocenters. The van der Waals surface area contributed by atoms with E-state index in [1.165, 1.54) is 4.88 Å². The van der Waals surface area contributed by atoms with Crippen molar-refractivity contribution in [1.82, 2.24) is 15.1 Å². The van der Waals surface area contributed by atoms with Gasteiger partial charge in [0, 0.05) is 55.1 Å². The van der Waals surface area contributed by atoms with Gasteiger partial charge < -0.3 is 15.0 Å². The minimum Gasteiger partial charge on any atom is -0.376 e. The first kappa shape index (κ1) is 23.3. The van der Waals surface area contributed by atoms with Gasteiger partial charge in [0.05, 0.1) is 18.8 Å². The fraction of sp³-hybridized carbons (Fsp3) is 0.737. The predicted molar refractivity (Wildman–Crippen MR) is 129 cm³/mol. The Labute approximate surface area is 189 Å². The number of halogens is 1. The lowest BCUT2D eigenvalue weighted by molar-refractivity contribution is -0.0334. The second kappa shape index (κ2) is 10.7. The van der Waals surface area contributed by atoms with Gasteiger partial charge in [0.1, 0.15) is 0 Å². The zero-order valence-electron chi connectivity index (χ0n) is 16.8. The van der Waals surface area contributed by atoms with Crippen LogP contribution in [-0.2, 0) is 4.74 Å². The van der Waals surface area contributed by atoms with E-state index in [1.54, 1.807) is 0 Å². The SMILES string of the molecule is CN=C(NCC(c1cccs1)N1CCOC(C)C1)N1CCSC(C)(C)C1.I. The molecule has 1 N–H and O–H groups in total. The average molecular weight is 525 g/mol. The van der Waals surface area contributed by atoms with Gasteiger partial charge in [0.2, 0.25) is 0 Å². The van der Waals surface area contributed by atoms with Gasteiger partial charge in [0.15, 0.2) is 5.96 Å². The highest BCUT2D eigenvalue weighted by Crippen LogP contribution is 2.30. The van der Waals surface area contributed by atoms with Crippen molar-refractivity contribution in [3.63, 3.8) is 0 Å². The molecule has 27 heavy (non-hydrogen) atoms. The van der Waals surface area contributed by atoms with Gasteiger partial charge in [-0.25, -0.2) is 0 Å². The molecule has 0 saturated carbocycles. The summed E-state index contributed by atoms with van der Waals surface area (Å²) in [6.07, 6.45) is 0.297. The molecule has 8 heteroatoms. The van der Waals surface area contributed by atoms with E-state index in [9.17, 15) is 0 Å². The lowest BCUT2D eigenvalue weighted by Gasteiger charge is -2.40. The number of nitrogens with zero attached hydrogens (tertiary/aromatic N) is 3. The number of hydrogen-bond acceptors (Lipinski definition) is 5. The van der Waals surface area contributed by atoms with Gasteiger partial charge in [0.25, 0.3) is 0 Å². The van der Waals surface area contributed by atoms with Crippen LogP contribution in [0.3, 0.4) is 0 Å². The van der Waals surface area contributed by atoms with E-state index in [-0.39, 0.29) is 28.7 Å². The van der Waals surface area contributed by atoms with E-state index in [4.69, 9.17) is 4.74 Å². The summed E-state index contributed by atoms with van der Waals surface area (Å²) in [7, 11) is 1.90. The molecule has 2 saturated heterocycles. The number of aliphatic imine (C=N–C) groups is 1. The van der Waals surface area contributed by atoms with Crippen molar-refractivity contribution in [3.05, 3.63) is 22.4 Å². The molecule has 2 aliphatic rings. The van der Waals surface area contributed by atoms with Crippen molar-refractivity contribution < 1.29 is 4.74 Å². The number of nitrogens with one attached hydrogen (secondary N) is 1. The Bertz CT molecular complexity index is 597. The summed E-state index contributed by atoms with van der Waals surface area (Å²) in [6, 6.07) is 4.77. The van der Waals surface area contributed by atoms with E-state index in [2.05, 4.69) is 70.2 Å². The summed E-state index contributed by atoms with van der Waals surface area (Å²) >= 11 is 3.89. The Morgan fingerprint density at radius 1 is 1.44 bits per heavy atom. The van der Waals surface area contributed by atoms with Gasteiger partial charge >= 0.3 is 0 Å². The second-order valence-corrected chi connectivity index (χ2v) is 10.4. The number of morpholine rings is 1. The van der Waals surface area contributed by atoms with Crippen LogP contribution in [0.4, 0.5) is 0 Å². The predicted octanol–water partition coefficient (Wildman–Crippen LogP) is 3.53. The van der Waals surface area contributed by atoms with Crippen molar-refractivity contribution in [1.29, 1.82) is 0 Å². The number of hydrogen-bond donors (Lipinski definition) is 1. The zero-order valence-corrected chi connectivity index (χ0v) is 20.8. The first-order chi connectivity index (χ1) is 12.5. The Hall–Kier alpha value is -0.0300. The molecule has 1 aromatic rings. The van der Waals surface area contributed by atoms with E-state index in [0.29, 0.717) is 12.1 Å². The lowest BCUT2D eigenvalue weighted by atomic mass is 10.1. The Balaban J connectivity index is 0.00000261. The topological polar surface area (TPSA) is 40.1 Å². The van der Waals surface area contributed by atoms with Crippen molar-refractivity contribution in [2.45, 2.75) is 37.7 Å². The summed E-state index contributed by atoms with van der Waals surface area (Å²) in [5.41, 5.74) is 0. The molecule has 0 aliphatic carbocycles.